The van der Waals surface area contributed by atoms with Gasteiger partial charge in [-0.15, -0.1) is 0 Å². The van der Waals surface area contributed by atoms with E-state index in [2.05, 4.69) is 4.74 Å². The number of hydrogen-bond donors (Lipinski definition) is 0. The molecule has 0 radical (unpaired) electrons. The fraction of sp³-hybridized carbons (Fsp3) is 0.450. The molecule has 140 valence electrons. The monoisotopic (exact) mass is 359 g/mol. The van der Waals surface area contributed by atoms with Crippen molar-refractivity contribution in [2.75, 3.05) is 20.2 Å². The van der Waals surface area contributed by atoms with Gasteiger partial charge in [-0.2, -0.15) is 0 Å². The zero-order chi connectivity index (χ0) is 18.9. The number of hydrogen-bond acceptors (Lipinski definition) is 5. The van der Waals surface area contributed by atoms with Gasteiger partial charge in [0.1, 0.15) is 0 Å². The molecule has 1 aromatic carbocycles. The first-order valence-electron chi connectivity index (χ1n) is 8.87. The number of methoxy groups -OCH3 is 1. The molecule has 2 rings (SSSR count). The number of amides is 1. The van der Waals surface area contributed by atoms with Crippen LogP contribution in [0.4, 0.5) is 0 Å². The summed E-state index contributed by atoms with van der Waals surface area (Å²) in [5.74, 6) is -1.13. The van der Waals surface area contributed by atoms with E-state index in [0.717, 1.165) is 44.3 Å². The Morgan fingerprint density at radius 2 is 1.65 bits per heavy atom. The number of esters is 2. The van der Waals surface area contributed by atoms with Crippen LogP contribution in [0.15, 0.2) is 30.3 Å². The smallest absolute Gasteiger partial charge is 0.337 e. The largest absolute Gasteiger partial charge is 0.465 e. The van der Waals surface area contributed by atoms with Crippen molar-refractivity contribution in [2.24, 2.45) is 0 Å². The summed E-state index contributed by atoms with van der Waals surface area (Å²) >= 11 is 0. The van der Waals surface area contributed by atoms with Gasteiger partial charge in [0.05, 0.1) is 12.7 Å². The third kappa shape index (κ3) is 5.72. The van der Waals surface area contributed by atoms with E-state index in [4.69, 9.17) is 4.74 Å². The first-order valence-corrected chi connectivity index (χ1v) is 8.87. The first-order chi connectivity index (χ1) is 12.5. The zero-order valence-corrected chi connectivity index (χ0v) is 15.3. The van der Waals surface area contributed by atoms with E-state index in [-0.39, 0.29) is 5.91 Å². The van der Waals surface area contributed by atoms with Gasteiger partial charge in [0.25, 0.3) is 5.91 Å². The highest BCUT2D eigenvalue weighted by molar-refractivity contribution is 5.91. The summed E-state index contributed by atoms with van der Waals surface area (Å²) < 4.78 is 9.85. The highest BCUT2D eigenvalue weighted by Gasteiger charge is 2.23. The maximum atomic E-state index is 12.4. The normalized spacial score (nSPS) is 16.0. The van der Waals surface area contributed by atoms with Crippen LogP contribution < -0.4 is 0 Å². The number of rotatable bonds is 5. The number of nitrogens with zero attached hydrogens (tertiary/aromatic N) is 1. The van der Waals surface area contributed by atoms with Crippen molar-refractivity contribution >= 4 is 23.9 Å². The molecule has 1 aromatic rings. The van der Waals surface area contributed by atoms with Crippen LogP contribution in [0.1, 0.15) is 48.5 Å². The van der Waals surface area contributed by atoms with Gasteiger partial charge in [-0.25, -0.2) is 9.59 Å². The van der Waals surface area contributed by atoms with Gasteiger partial charge in [0.2, 0.25) is 0 Å². The highest BCUT2D eigenvalue weighted by Crippen LogP contribution is 2.12. The molecule has 1 heterocycles. The predicted octanol–water partition coefficient (Wildman–Crippen LogP) is 2.82. The molecule has 0 bridgehead atoms. The van der Waals surface area contributed by atoms with E-state index in [0.29, 0.717) is 5.56 Å². The molecule has 1 amide bonds. The third-order valence-corrected chi connectivity index (χ3v) is 4.30. The van der Waals surface area contributed by atoms with Gasteiger partial charge in [-0.05, 0) is 43.5 Å². The molecule has 0 N–H and O–H groups in total. The van der Waals surface area contributed by atoms with E-state index < -0.39 is 18.0 Å². The predicted molar refractivity (Wildman–Crippen MR) is 97.4 cm³/mol. The number of carbonyl (C=O) groups excluding carboxylic acids is 3. The molecule has 1 unspecified atom stereocenters. The van der Waals surface area contributed by atoms with E-state index in [9.17, 15) is 14.4 Å². The van der Waals surface area contributed by atoms with Gasteiger partial charge >= 0.3 is 11.9 Å². The minimum Gasteiger partial charge on any atom is -0.465 e. The van der Waals surface area contributed by atoms with Crippen LogP contribution in [0.25, 0.3) is 6.08 Å². The Morgan fingerprint density at radius 1 is 1.04 bits per heavy atom. The van der Waals surface area contributed by atoms with Crippen LogP contribution in [0.3, 0.4) is 0 Å². The Bertz CT molecular complexity index is 657. The van der Waals surface area contributed by atoms with Gasteiger partial charge in [-0.1, -0.05) is 25.0 Å². The molecule has 0 aromatic heterocycles. The second-order valence-corrected chi connectivity index (χ2v) is 6.27. The van der Waals surface area contributed by atoms with E-state index in [1.54, 1.807) is 42.2 Å². The van der Waals surface area contributed by atoms with Gasteiger partial charge in [0.15, 0.2) is 6.10 Å². The lowest BCUT2D eigenvalue weighted by Gasteiger charge is -2.23. The maximum Gasteiger partial charge on any atom is 0.337 e. The lowest BCUT2D eigenvalue weighted by molar-refractivity contribution is -0.155. The average molecular weight is 359 g/mol. The fourth-order valence-corrected chi connectivity index (χ4v) is 2.82. The fourth-order valence-electron chi connectivity index (χ4n) is 2.82. The van der Waals surface area contributed by atoms with Crippen LogP contribution in [0, 0.1) is 0 Å². The molecular formula is C20H25NO5. The van der Waals surface area contributed by atoms with Crippen LogP contribution in [0.2, 0.25) is 0 Å². The summed E-state index contributed by atoms with van der Waals surface area (Å²) in [6.07, 6.45) is 6.31. The van der Waals surface area contributed by atoms with Crippen molar-refractivity contribution in [3.05, 3.63) is 41.5 Å². The summed E-state index contributed by atoms with van der Waals surface area (Å²) in [5.41, 5.74) is 1.17. The molecule has 1 fully saturated rings. The van der Waals surface area contributed by atoms with Gasteiger partial charge < -0.3 is 14.4 Å². The number of likely N-dealkylation sites (tertiary alicyclic amines) is 1. The zero-order valence-electron chi connectivity index (χ0n) is 15.3. The molecule has 1 aliphatic heterocycles. The maximum absolute atomic E-state index is 12.4. The number of carbonyl (C=O) groups is 3. The SMILES string of the molecule is COC(=O)c1ccc(/C=C/C(=O)OC(C)C(=O)N2CCCCCC2)cc1. The van der Waals surface area contributed by atoms with Crippen molar-refractivity contribution in [1.82, 2.24) is 4.90 Å². The Balaban J connectivity index is 1.87. The van der Waals surface area contributed by atoms with E-state index in [1.807, 2.05) is 0 Å². The topological polar surface area (TPSA) is 72.9 Å². The standard InChI is InChI=1S/C20H25NO5/c1-15(19(23)21-13-5-3-4-6-14-21)26-18(22)12-9-16-7-10-17(11-8-16)20(24)25-2/h7-12,15H,3-6,13-14H2,1-2H3/b12-9+. The Kier molecular flexibility index (Phi) is 7.38. The van der Waals surface area contributed by atoms with Gasteiger partial charge in [-0.3, -0.25) is 4.79 Å². The van der Waals surface area contributed by atoms with E-state index in [1.165, 1.54) is 13.2 Å². The lowest BCUT2D eigenvalue weighted by atomic mass is 10.1. The molecule has 0 aliphatic carbocycles. The molecular weight excluding hydrogens is 334 g/mol. The summed E-state index contributed by atoms with van der Waals surface area (Å²) in [7, 11) is 1.32. The Hall–Kier alpha value is -2.63. The van der Waals surface area contributed by atoms with Crippen molar-refractivity contribution in [3.63, 3.8) is 0 Å². The van der Waals surface area contributed by atoms with E-state index >= 15 is 0 Å². The molecule has 0 spiro atoms. The van der Waals surface area contributed by atoms with Crippen LogP contribution in [-0.2, 0) is 19.1 Å². The molecule has 1 aliphatic rings. The number of ether oxygens (including phenoxy) is 2. The summed E-state index contributed by atoms with van der Waals surface area (Å²) in [4.78, 5) is 37.5. The minimum atomic E-state index is -0.799. The summed E-state index contributed by atoms with van der Waals surface area (Å²) in [5, 5.41) is 0. The van der Waals surface area contributed by atoms with Crippen LogP contribution in [0.5, 0.6) is 0 Å². The Morgan fingerprint density at radius 3 is 2.23 bits per heavy atom. The second-order valence-electron chi connectivity index (χ2n) is 6.27. The molecule has 0 saturated carbocycles. The first kappa shape index (κ1) is 19.7. The Labute approximate surface area is 153 Å². The summed E-state index contributed by atoms with van der Waals surface area (Å²) in [6.45, 7) is 3.05. The molecule has 1 saturated heterocycles. The molecule has 26 heavy (non-hydrogen) atoms. The third-order valence-electron chi connectivity index (χ3n) is 4.30. The minimum absolute atomic E-state index is 0.143. The molecule has 6 heteroatoms. The number of benzene rings is 1. The van der Waals surface area contributed by atoms with Crippen LogP contribution >= 0.6 is 0 Å². The second kappa shape index (κ2) is 9.75. The molecule has 6 nitrogen and oxygen atoms in total. The quantitative estimate of drug-likeness (QED) is 0.597. The van der Waals surface area contributed by atoms with Gasteiger partial charge in [0, 0.05) is 19.2 Å². The van der Waals surface area contributed by atoms with Crippen molar-refractivity contribution < 1.29 is 23.9 Å². The molecule has 1 atom stereocenters. The van der Waals surface area contributed by atoms with Crippen molar-refractivity contribution in [2.45, 2.75) is 38.7 Å². The average Bonchev–Trinajstić information content (AvgIpc) is 2.95. The summed E-state index contributed by atoms with van der Waals surface area (Å²) in [6, 6.07) is 6.62. The highest BCUT2D eigenvalue weighted by atomic mass is 16.5. The van der Waals surface area contributed by atoms with Crippen molar-refractivity contribution in [1.29, 1.82) is 0 Å². The van der Waals surface area contributed by atoms with Crippen molar-refractivity contribution in [3.8, 4) is 0 Å². The van der Waals surface area contributed by atoms with Crippen LogP contribution in [-0.4, -0.2) is 49.0 Å². The lowest BCUT2D eigenvalue weighted by Crippen LogP contribution is -2.40.